The summed E-state index contributed by atoms with van der Waals surface area (Å²) in [4.78, 5) is 9.39. The summed E-state index contributed by atoms with van der Waals surface area (Å²) in [5.74, 6) is 1.40. The first-order valence-electron chi connectivity index (χ1n) is 1.98. The predicted molar refractivity (Wildman–Crippen MR) is 31.0 cm³/mol. The molecule has 0 heterocycles. The first kappa shape index (κ1) is 6.53. The minimum atomic E-state index is 1.40. The number of hydrogen-bond donors (Lipinski definition) is 0. The standard InChI is InChI=1S/C7H4O/c1-2-3-4-5-6-7-8/h2-3H,1H2. The summed E-state index contributed by atoms with van der Waals surface area (Å²) in [6.07, 6.45) is 3.05. The normalized spacial score (nSPS) is 4.50. The smallest absolute Gasteiger partial charge is 0.186 e. The highest BCUT2D eigenvalue weighted by Gasteiger charge is 1.42. The third kappa shape index (κ3) is 4.53. The molecule has 0 aromatic carbocycles. The Balaban J connectivity index is 4.46. The summed E-state index contributed by atoms with van der Waals surface area (Å²) in [6.45, 7) is 3.37. The average Bonchev–Trinajstić information content (AvgIpc) is 1.81. The highest BCUT2D eigenvalue weighted by atomic mass is 16.1. The van der Waals surface area contributed by atoms with E-state index >= 15 is 0 Å². The monoisotopic (exact) mass is 104 g/mol. The molecule has 0 atom stereocenters. The molecule has 0 aliphatic rings. The quantitative estimate of drug-likeness (QED) is 0.276. The van der Waals surface area contributed by atoms with Gasteiger partial charge in [-0.3, -0.25) is 0 Å². The summed E-state index contributed by atoms with van der Waals surface area (Å²) >= 11 is 0. The van der Waals surface area contributed by atoms with Crippen LogP contribution >= 0.6 is 0 Å². The zero-order chi connectivity index (χ0) is 6.24. The molecule has 0 N–H and O–H groups in total. The Morgan fingerprint density at radius 3 is 2.62 bits per heavy atom. The van der Waals surface area contributed by atoms with Crippen molar-refractivity contribution in [1.29, 1.82) is 0 Å². The second-order valence-electron chi connectivity index (χ2n) is 0.899. The van der Waals surface area contributed by atoms with Crippen LogP contribution in [0.5, 0.6) is 0 Å². The maximum Gasteiger partial charge on any atom is 0.186 e. The maximum absolute atomic E-state index is 9.39. The molecule has 8 heavy (non-hydrogen) atoms. The Kier molecular flexibility index (Phi) is 4.51. The Morgan fingerprint density at radius 2 is 2.12 bits per heavy atom. The van der Waals surface area contributed by atoms with E-state index in [9.17, 15) is 4.79 Å². The molecule has 0 unspecified atom stereocenters. The van der Waals surface area contributed by atoms with Crippen LogP contribution in [0.4, 0.5) is 0 Å². The maximum atomic E-state index is 9.39. The minimum absolute atomic E-state index is 1.40. The second kappa shape index (κ2) is 5.53. The Morgan fingerprint density at radius 1 is 1.38 bits per heavy atom. The van der Waals surface area contributed by atoms with Crippen LogP contribution in [0.25, 0.3) is 0 Å². The zero-order valence-electron chi connectivity index (χ0n) is 4.27. The summed E-state index contributed by atoms with van der Waals surface area (Å²) in [6, 6.07) is 0. The first-order valence-corrected chi connectivity index (χ1v) is 1.98. The molecule has 0 saturated carbocycles. The Hall–Kier alpha value is -1.47. The van der Waals surface area contributed by atoms with E-state index in [4.69, 9.17) is 0 Å². The average molecular weight is 104 g/mol. The van der Waals surface area contributed by atoms with Gasteiger partial charge in [0.15, 0.2) is 5.94 Å². The van der Waals surface area contributed by atoms with Crippen molar-refractivity contribution in [2.75, 3.05) is 0 Å². The third-order valence-corrected chi connectivity index (χ3v) is 0.387. The molecule has 0 aromatic heterocycles. The van der Waals surface area contributed by atoms with Gasteiger partial charge in [-0.15, -0.1) is 0 Å². The van der Waals surface area contributed by atoms with Gasteiger partial charge in [-0.2, -0.15) is 0 Å². The lowest BCUT2D eigenvalue weighted by molar-refractivity contribution is 0.569. The number of carbonyl (C=O) groups excluding carboxylic acids is 1. The van der Waals surface area contributed by atoms with Crippen molar-refractivity contribution in [3.8, 4) is 0 Å². The molecule has 1 heteroatoms. The molecule has 0 aliphatic carbocycles. The summed E-state index contributed by atoms with van der Waals surface area (Å²) in [7, 11) is 0. The van der Waals surface area contributed by atoms with E-state index in [1.54, 1.807) is 0 Å². The van der Waals surface area contributed by atoms with E-state index in [1.807, 2.05) is 5.73 Å². The second-order valence-corrected chi connectivity index (χ2v) is 0.899. The van der Waals surface area contributed by atoms with Crippen molar-refractivity contribution in [3.05, 3.63) is 35.9 Å². The molecule has 38 valence electrons. The van der Waals surface area contributed by atoms with Gasteiger partial charge in [-0.05, 0) is 11.8 Å². The van der Waals surface area contributed by atoms with Gasteiger partial charge in [-0.1, -0.05) is 18.4 Å². The first-order chi connectivity index (χ1) is 3.91. The third-order valence-electron chi connectivity index (χ3n) is 0.387. The minimum Gasteiger partial charge on any atom is -0.223 e. The van der Waals surface area contributed by atoms with Crippen molar-refractivity contribution in [3.63, 3.8) is 0 Å². The van der Waals surface area contributed by atoms with Gasteiger partial charge < -0.3 is 0 Å². The summed E-state index contributed by atoms with van der Waals surface area (Å²) < 4.78 is 0. The van der Waals surface area contributed by atoms with Crippen molar-refractivity contribution < 1.29 is 4.79 Å². The van der Waals surface area contributed by atoms with Gasteiger partial charge in [0, 0.05) is 5.73 Å². The van der Waals surface area contributed by atoms with E-state index in [0.717, 1.165) is 0 Å². The molecule has 1 nitrogen and oxygen atoms in total. The topological polar surface area (TPSA) is 17.1 Å². The number of allylic oxidation sites excluding steroid dienone is 2. The summed E-state index contributed by atoms with van der Waals surface area (Å²) in [5.41, 5.74) is 6.79. The van der Waals surface area contributed by atoms with Crippen molar-refractivity contribution >= 4 is 5.94 Å². The van der Waals surface area contributed by atoms with Crippen molar-refractivity contribution in [1.82, 2.24) is 0 Å². The number of rotatable bonds is 1. The Bertz CT molecular complexity index is 213. The molecule has 0 fully saturated rings. The fraction of sp³-hybridized carbons (Fsp3) is 0. The molecule has 0 bridgehead atoms. The van der Waals surface area contributed by atoms with Crippen LogP contribution in [0.1, 0.15) is 0 Å². The van der Waals surface area contributed by atoms with Crippen LogP contribution in [-0.2, 0) is 4.79 Å². The lowest BCUT2D eigenvalue weighted by Crippen LogP contribution is -1.33. The lowest BCUT2D eigenvalue weighted by atomic mass is 10.6. The van der Waals surface area contributed by atoms with Gasteiger partial charge >= 0.3 is 0 Å². The van der Waals surface area contributed by atoms with Crippen LogP contribution < -0.4 is 0 Å². The molecular formula is C7H4O. The van der Waals surface area contributed by atoms with Crippen LogP contribution in [0.15, 0.2) is 35.9 Å². The fourth-order valence-electron chi connectivity index (χ4n) is 0.162. The van der Waals surface area contributed by atoms with Gasteiger partial charge in [-0.25, -0.2) is 4.79 Å². The molecule has 0 spiro atoms. The van der Waals surface area contributed by atoms with Crippen LogP contribution in [-0.4, -0.2) is 5.94 Å². The highest BCUT2D eigenvalue weighted by molar-refractivity contribution is 5.43. The molecular weight excluding hydrogens is 100 g/mol. The van der Waals surface area contributed by atoms with Crippen molar-refractivity contribution in [2.24, 2.45) is 0 Å². The lowest BCUT2D eigenvalue weighted by Gasteiger charge is -1.48. The van der Waals surface area contributed by atoms with E-state index in [2.05, 4.69) is 18.0 Å². The van der Waals surface area contributed by atoms with Crippen LogP contribution in [0, 0.1) is 0 Å². The molecule has 0 aliphatic heterocycles. The van der Waals surface area contributed by atoms with E-state index < -0.39 is 0 Å². The van der Waals surface area contributed by atoms with Crippen molar-refractivity contribution in [2.45, 2.75) is 0 Å². The zero-order valence-corrected chi connectivity index (χ0v) is 4.27. The molecule has 0 rings (SSSR count). The summed E-state index contributed by atoms with van der Waals surface area (Å²) in [5, 5.41) is 0. The Labute approximate surface area is 47.6 Å². The number of hydrogen-bond acceptors (Lipinski definition) is 1. The molecule has 0 aromatic rings. The molecule has 0 saturated heterocycles. The molecule has 0 radical (unpaired) electrons. The van der Waals surface area contributed by atoms with E-state index in [1.165, 1.54) is 18.1 Å². The van der Waals surface area contributed by atoms with Gasteiger partial charge in [0.1, 0.15) is 0 Å². The SMILES string of the molecule is C=CC=C=C=C=C=O. The van der Waals surface area contributed by atoms with Crippen LogP contribution in [0.2, 0.25) is 0 Å². The fourth-order valence-corrected chi connectivity index (χ4v) is 0.162. The predicted octanol–water partition coefficient (Wildman–Crippen LogP) is 1.03. The van der Waals surface area contributed by atoms with E-state index in [-0.39, 0.29) is 0 Å². The van der Waals surface area contributed by atoms with E-state index in [0.29, 0.717) is 0 Å². The largest absolute Gasteiger partial charge is 0.223 e. The molecule has 0 amide bonds. The van der Waals surface area contributed by atoms with Gasteiger partial charge in [0.25, 0.3) is 0 Å². The highest BCUT2D eigenvalue weighted by Crippen LogP contribution is 1.60. The van der Waals surface area contributed by atoms with Gasteiger partial charge in [0.2, 0.25) is 0 Å². The van der Waals surface area contributed by atoms with Gasteiger partial charge in [0.05, 0.1) is 0 Å². The van der Waals surface area contributed by atoms with Crippen LogP contribution in [0.3, 0.4) is 0 Å².